The molecule has 1 N–H and O–H groups in total. The molecule has 0 bridgehead atoms. The van der Waals surface area contributed by atoms with Gasteiger partial charge in [0.15, 0.2) is 0 Å². The predicted octanol–water partition coefficient (Wildman–Crippen LogP) is 3.96. The van der Waals surface area contributed by atoms with E-state index in [1.54, 1.807) is 13.0 Å². The van der Waals surface area contributed by atoms with E-state index < -0.39 is 0 Å². The van der Waals surface area contributed by atoms with Gasteiger partial charge in [-0.1, -0.05) is 31.4 Å². The number of nitro benzene ring substituents is 1. The highest BCUT2D eigenvalue weighted by molar-refractivity contribution is 5.42. The third-order valence-corrected chi connectivity index (χ3v) is 4.46. The Morgan fingerprint density at radius 3 is 2.70 bits per heavy atom. The Morgan fingerprint density at radius 2 is 2.05 bits per heavy atom. The van der Waals surface area contributed by atoms with E-state index in [1.165, 1.54) is 32.1 Å². The molecule has 0 spiro atoms. The molecule has 1 atom stereocenters. The van der Waals surface area contributed by atoms with Crippen molar-refractivity contribution in [1.29, 1.82) is 0 Å². The van der Waals surface area contributed by atoms with Gasteiger partial charge < -0.3 is 5.32 Å². The number of hydrogen-bond acceptors (Lipinski definition) is 3. The first-order chi connectivity index (χ1) is 9.58. The molecule has 1 saturated carbocycles. The molecule has 110 valence electrons. The van der Waals surface area contributed by atoms with Crippen LogP contribution in [0.15, 0.2) is 18.2 Å². The van der Waals surface area contributed by atoms with Gasteiger partial charge in [0.05, 0.1) is 4.92 Å². The van der Waals surface area contributed by atoms with Gasteiger partial charge in [0, 0.05) is 24.2 Å². The molecule has 4 heteroatoms. The van der Waals surface area contributed by atoms with Gasteiger partial charge in [-0.25, -0.2) is 0 Å². The van der Waals surface area contributed by atoms with Gasteiger partial charge in [-0.3, -0.25) is 10.1 Å². The number of nitro groups is 1. The van der Waals surface area contributed by atoms with E-state index in [0.29, 0.717) is 12.6 Å². The molecule has 0 heterocycles. The van der Waals surface area contributed by atoms with Gasteiger partial charge in [-0.15, -0.1) is 0 Å². The van der Waals surface area contributed by atoms with Crippen LogP contribution in [-0.4, -0.2) is 11.0 Å². The van der Waals surface area contributed by atoms with Crippen LogP contribution in [0.3, 0.4) is 0 Å². The summed E-state index contributed by atoms with van der Waals surface area (Å²) >= 11 is 0. The summed E-state index contributed by atoms with van der Waals surface area (Å²) in [5, 5.41) is 14.5. The summed E-state index contributed by atoms with van der Waals surface area (Å²) in [6.45, 7) is 4.72. The van der Waals surface area contributed by atoms with Crippen molar-refractivity contribution in [2.45, 2.75) is 58.5 Å². The minimum Gasteiger partial charge on any atom is -0.310 e. The normalized spacial score (nSPS) is 17.9. The van der Waals surface area contributed by atoms with Gasteiger partial charge in [0.25, 0.3) is 5.69 Å². The number of rotatable bonds is 5. The molecule has 0 radical (unpaired) electrons. The lowest BCUT2D eigenvalue weighted by atomic mass is 9.84. The topological polar surface area (TPSA) is 55.2 Å². The van der Waals surface area contributed by atoms with Crippen LogP contribution in [0.25, 0.3) is 0 Å². The van der Waals surface area contributed by atoms with Gasteiger partial charge >= 0.3 is 0 Å². The summed E-state index contributed by atoms with van der Waals surface area (Å²) < 4.78 is 0. The Labute approximate surface area is 120 Å². The van der Waals surface area contributed by atoms with Crippen LogP contribution in [0.1, 0.15) is 50.2 Å². The molecular weight excluding hydrogens is 252 g/mol. The van der Waals surface area contributed by atoms with Gasteiger partial charge in [-0.05, 0) is 38.2 Å². The highest BCUT2D eigenvalue weighted by Crippen LogP contribution is 2.26. The quantitative estimate of drug-likeness (QED) is 0.654. The van der Waals surface area contributed by atoms with Gasteiger partial charge in [0.2, 0.25) is 0 Å². The van der Waals surface area contributed by atoms with Crippen LogP contribution in [0.2, 0.25) is 0 Å². The van der Waals surface area contributed by atoms with Crippen LogP contribution in [0, 0.1) is 23.0 Å². The molecule has 1 aliphatic carbocycles. The van der Waals surface area contributed by atoms with Crippen molar-refractivity contribution in [2.75, 3.05) is 0 Å². The molecule has 4 nitrogen and oxygen atoms in total. The fraction of sp³-hybridized carbons (Fsp3) is 0.625. The third kappa shape index (κ3) is 3.79. The van der Waals surface area contributed by atoms with Crippen molar-refractivity contribution in [3.8, 4) is 0 Å². The second-order valence-electron chi connectivity index (χ2n) is 5.95. The van der Waals surface area contributed by atoms with Crippen LogP contribution < -0.4 is 5.32 Å². The number of aryl methyl sites for hydroxylation is 1. The molecule has 20 heavy (non-hydrogen) atoms. The zero-order chi connectivity index (χ0) is 14.5. The van der Waals surface area contributed by atoms with E-state index in [4.69, 9.17) is 0 Å². The molecule has 0 amide bonds. The lowest BCUT2D eigenvalue weighted by Gasteiger charge is -2.28. The Kier molecular flexibility index (Phi) is 5.12. The van der Waals surface area contributed by atoms with Crippen LogP contribution in [0.4, 0.5) is 5.69 Å². The number of benzene rings is 1. The van der Waals surface area contributed by atoms with Crippen molar-refractivity contribution in [1.82, 2.24) is 5.32 Å². The van der Waals surface area contributed by atoms with Crippen molar-refractivity contribution in [2.24, 2.45) is 5.92 Å². The molecule has 2 rings (SSSR count). The summed E-state index contributed by atoms with van der Waals surface area (Å²) in [5.74, 6) is 0.754. The molecule has 0 saturated heterocycles. The molecule has 0 aromatic heterocycles. The fourth-order valence-corrected chi connectivity index (χ4v) is 3.04. The van der Waals surface area contributed by atoms with E-state index in [-0.39, 0.29) is 10.6 Å². The second kappa shape index (κ2) is 6.84. The number of hydrogen-bond donors (Lipinski definition) is 1. The Bertz CT molecular complexity index is 468. The number of nitrogens with zero attached hydrogens (tertiary/aromatic N) is 1. The maximum absolute atomic E-state index is 10.9. The highest BCUT2D eigenvalue weighted by atomic mass is 16.6. The van der Waals surface area contributed by atoms with Crippen molar-refractivity contribution < 1.29 is 4.92 Å². The Morgan fingerprint density at radius 1 is 1.35 bits per heavy atom. The first-order valence-corrected chi connectivity index (χ1v) is 7.55. The van der Waals surface area contributed by atoms with Crippen molar-refractivity contribution in [3.63, 3.8) is 0 Å². The summed E-state index contributed by atoms with van der Waals surface area (Å²) in [6.07, 6.45) is 6.66. The van der Waals surface area contributed by atoms with E-state index >= 15 is 0 Å². The minimum atomic E-state index is -0.302. The SMILES string of the molecule is Cc1ccc(CNC(C)C2CCCCC2)cc1[N+](=O)[O-]. The molecule has 1 fully saturated rings. The Hall–Kier alpha value is -1.42. The van der Waals surface area contributed by atoms with Crippen LogP contribution in [-0.2, 0) is 6.54 Å². The minimum absolute atomic E-state index is 0.217. The Balaban J connectivity index is 1.93. The average Bonchev–Trinajstić information content (AvgIpc) is 2.46. The lowest BCUT2D eigenvalue weighted by molar-refractivity contribution is -0.385. The first kappa shape index (κ1) is 15.0. The maximum atomic E-state index is 10.9. The van der Waals surface area contributed by atoms with Crippen molar-refractivity contribution >= 4 is 5.69 Å². The summed E-state index contributed by atoms with van der Waals surface area (Å²) in [5.41, 5.74) is 1.93. The predicted molar refractivity (Wildman–Crippen MR) is 80.7 cm³/mol. The molecule has 1 unspecified atom stereocenters. The standard InChI is InChI=1S/C16H24N2O2/c1-12-8-9-14(10-16(12)18(19)20)11-17-13(2)15-6-4-3-5-7-15/h8-10,13,15,17H,3-7,11H2,1-2H3. The molecule has 1 aromatic carbocycles. The molecule has 1 aliphatic rings. The first-order valence-electron chi connectivity index (χ1n) is 7.55. The zero-order valence-electron chi connectivity index (χ0n) is 12.4. The van der Waals surface area contributed by atoms with Gasteiger partial charge in [0.1, 0.15) is 0 Å². The van der Waals surface area contributed by atoms with E-state index in [1.807, 2.05) is 12.1 Å². The fourth-order valence-electron chi connectivity index (χ4n) is 3.04. The summed E-state index contributed by atoms with van der Waals surface area (Å²) in [7, 11) is 0. The van der Waals surface area contributed by atoms with Crippen LogP contribution >= 0.6 is 0 Å². The van der Waals surface area contributed by atoms with E-state index in [2.05, 4.69) is 12.2 Å². The summed E-state index contributed by atoms with van der Waals surface area (Å²) in [4.78, 5) is 10.6. The number of nitrogens with one attached hydrogen (secondary N) is 1. The third-order valence-electron chi connectivity index (χ3n) is 4.46. The maximum Gasteiger partial charge on any atom is 0.272 e. The van der Waals surface area contributed by atoms with Gasteiger partial charge in [-0.2, -0.15) is 0 Å². The lowest BCUT2D eigenvalue weighted by Crippen LogP contribution is -2.34. The zero-order valence-corrected chi connectivity index (χ0v) is 12.4. The van der Waals surface area contributed by atoms with E-state index in [9.17, 15) is 10.1 Å². The monoisotopic (exact) mass is 276 g/mol. The summed E-state index contributed by atoms with van der Waals surface area (Å²) in [6, 6.07) is 5.98. The second-order valence-corrected chi connectivity index (χ2v) is 5.95. The smallest absolute Gasteiger partial charge is 0.272 e. The van der Waals surface area contributed by atoms with Crippen molar-refractivity contribution in [3.05, 3.63) is 39.4 Å². The average molecular weight is 276 g/mol. The van der Waals surface area contributed by atoms with Crippen LogP contribution in [0.5, 0.6) is 0 Å². The highest BCUT2D eigenvalue weighted by Gasteiger charge is 2.19. The largest absolute Gasteiger partial charge is 0.310 e. The molecule has 1 aromatic rings. The molecular formula is C16H24N2O2. The van der Waals surface area contributed by atoms with E-state index in [0.717, 1.165) is 17.0 Å². The molecule has 0 aliphatic heterocycles.